The van der Waals surface area contributed by atoms with Gasteiger partial charge in [-0.15, -0.1) is 0 Å². The molecule has 0 unspecified atom stereocenters. The number of aromatic nitrogens is 3. The van der Waals surface area contributed by atoms with Crippen LogP contribution >= 0.6 is 0 Å². The van der Waals surface area contributed by atoms with Crippen molar-refractivity contribution in [2.45, 2.75) is 50.0 Å². The lowest BCUT2D eigenvalue weighted by molar-refractivity contribution is 0.0942. The Bertz CT molecular complexity index is 1300. The molecule has 5 rings (SSSR count). The topological polar surface area (TPSA) is 106 Å². The number of hydrogen-bond acceptors (Lipinski definition) is 5. The number of nitrogens with one attached hydrogen (secondary N) is 2. The monoisotopic (exact) mass is 434 g/mol. The van der Waals surface area contributed by atoms with Crippen molar-refractivity contribution >= 4 is 16.9 Å². The van der Waals surface area contributed by atoms with Gasteiger partial charge in [0.25, 0.3) is 11.5 Å². The van der Waals surface area contributed by atoms with Crippen molar-refractivity contribution in [3.05, 3.63) is 68.5 Å². The van der Waals surface area contributed by atoms with E-state index in [0.717, 1.165) is 49.8 Å². The molecule has 3 aromatic rings. The number of nitrogens with zero attached hydrogens (tertiary/aromatic N) is 2. The Morgan fingerprint density at radius 1 is 1.25 bits per heavy atom. The third kappa shape index (κ3) is 3.49. The number of H-pyrrole nitrogens is 1. The second-order valence-electron chi connectivity index (χ2n) is 8.83. The third-order valence-corrected chi connectivity index (χ3v) is 6.78. The lowest BCUT2D eigenvalue weighted by Crippen LogP contribution is -2.39. The first-order chi connectivity index (χ1) is 15.5. The predicted molar refractivity (Wildman–Crippen MR) is 120 cm³/mol. The smallest absolute Gasteiger partial charge is 0.330 e. The summed E-state index contributed by atoms with van der Waals surface area (Å²) in [5.74, 6) is 0.546. The summed E-state index contributed by atoms with van der Waals surface area (Å²) in [5, 5.41) is 3.32. The summed E-state index contributed by atoms with van der Waals surface area (Å²) in [7, 11) is 1.67. The largest absolute Gasteiger partial charge is 0.496 e. The number of carbonyl (C=O) groups excluding carboxylic acids is 1. The fourth-order valence-corrected chi connectivity index (χ4v) is 4.96. The normalized spacial score (nSPS) is 17.4. The zero-order valence-corrected chi connectivity index (χ0v) is 18.0. The third-order valence-electron chi connectivity index (χ3n) is 6.78. The Kier molecular flexibility index (Phi) is 5.07. The number of methoxy groups -OCH3 is 1. The molecule has 0 spiro atoms. The van der Waals surface area contributed by atoms with Crippen LogP contribution in [0.15, 0.2) is 46.1 Å². The summed E-state index contributed by atoms with van der Waals surface area (Å²) in [6, 6.07) is 9.57. The Hall–Kier alpha value is -3.42. The summed E-state index contributed by atoms with van der Waals surface area (Å²) in [6.07, 6.45) is 7.35. The molecular weight excluding hydrogens is 408 g/mol. The van der Waals surface area contributed by atoms with Crippen molar-refractivity contribution in [3.8, 4) is 5.75 Å². The Morgan fingerprint density at radius 3 is 2.72 bits per heavy atom. The summed E-state index contributed by atoms with van der Waals surface area (Å²) < 4.78 is 7.11. The van der Waals surface area contributed by atoms with Crippen LogP contribution in [0.2, 0.25) is 0 Å². The molecule has 32 heavy (non-hydrogen) atoms. The lowest BCUT2D eigenvalue weighted by Gasteiger charge is -2.31. The Labute approximate surface area is 184 Å². The number of rotatable bonds is 6. The molecule has 2 saturated carbocycles. The quantitative estimate of drug-likeness (QED) is 0.620. The average Bonchev–Trinajstić information content (AvgIpc) is 3.53. The summed E-state index contributed by atoms with van der Waals surface area (Å²) >= 11 is 0. The van der Waals surface area contributed by atoms with Crippen molar-refractivity contribution in [2.24, 2.45) is 0 Å². The van der Waals surface area contributed by atoms with Crippen LogP contribution in [0.5, 0.6) is 5.75 Å². The number of aromatic amines is 1. The van der Waals surface area contributed by atoms with E-state index in [1.54, 1.807) is 7.11 Å². The number of ether oxygens (including phenoxy) is 1. The van der Waals surface area contributed by atoms with E-state index in [0.29, 0.717) is 17.8 Å². The molecule has 2 aliphatic rings. The summed E-state index contributed by atoms with van der Waals surface area (Å²) in [4.78, 5) is 44.3. The maximum atomic E-state index is 13.0. The average molecular weight is 434 g/mol. The van der Waals surface area contributed by atoms with Gasteiger partial charge in [0.05, 0.1) is 18.1 Å². The molecule has 0 saturated heterocycles. The fourth-order valence-electron chi connectivity index (χ4n) is 4.96. The van der Waals surface area contributed by atoms with Crippen LogP contribution in [0.25, 0.3) is 11.0 Å². The molecule has 166 valence electrons. The molecule has 1 amide bonds. The van der Waals surface area contributed by atoms with Gasteiger partial charge in [0, 0.05) is 29.8 Å². The zero-order valence-electron chi connectivity index (χ0n) is 18.0. The van der Waals surface area contributed by atoms with E-state index in [2.05, 4.69) is 21.4 Å². The molecule has 2 fully saturated rings. The first-order valence-corrected chi connectivity index (χ1v) is 11.1. The molecule has 1 aromatic carbocycles. The molecule has 0 radical (unpaired) electrons. The molecular formula is C24H26N4O4. The zero-order chi connectivity index (χ0) is 22.3. The van der Waals surface area contributed by atoms with E-state index in [1.807, 2.05) is 18.2 Å². The van der Waals surface area contributed by atoms with Gasteiger partial charge in [-0.1, -0.05) is 31.0 Å². The molecule has 8 heteroatoms. The van der Waals surface area contributed by atoms with Gasteiger partial charge in [-0.3, -0.25) is 19.1 Å². The van der Waals surface area contributed by atoms with Gasteiger partial charge < -0.3 is 10.1 Å². The standard InChI is InChI=1S/C24H26N4O4/c1-32-19-7-3-2-6-18(19)24(10-4-5-11-24)14-26-21(29)15-12-17-20(25-13-15)28(16-8-9-16)23(31)27-22(17)30/h2-3,6-7,12-13,16H,4-5,8-11,14H2,1H3,(H,26,29)(H,27,30,31). The van der Waals surface area contributed by atoms with E-state index >= 15 is 0 Å². The highest BCUT2D eigenvalue weighted by Crippen LogP contribution is 2.44. The minimum Gasteiger partial charge on any atom is -0.496 e. The van der Waals surface area contributed by atoms with Crippen molar-refractivity contribution in [3.63, 3.8) is 0 Å². The molecule has 2 aliphatic carbocycles. The van der Waals surface area contributed by atoms with Crippen molar-refractivity contribution in [2.75, 3.05) is 13.7 Å². The first kappa shape index (κ1) is 20.5. The number of amides is 1. The molecule has 2 heterocycles. The number of benzene rings is 1. The first-order valence-electron chi connectivity index (χ1n) is 11.1. The van der Waals surface area contributed by atoms with Gasteiger partial charge in [-0.25, -0.2) is 9.78 Å². The number of para-hydroxylation sites is 1. The highest BCUT2D eigenvalue weighted by molar-refractivity contribution is 5.96. The molecule has 8 nitrogen and oxygen atoms in total. The second kappa shape index (κ2) is 7.93. The SMILES string of the molecule is COc1ccccc1C1(CNC(=O)c2cnc3c(c2)c(=O)[nH]c(=O)n3C2CC2)CCCC1. The van der Waals surface area contributed by atoms with Crippen LogP contribution in [-0.2, 0) is 5.41 Å². The van der Waals surface area contributed by atoms with Crippen LogP contribution in [0, 0.1) is 0 Å². The van der Waals surface area contributed by atoms with Crippen LogP contribution in [-0.4, -0.2) is 34.1 Å². The molecule has 2 aromatic heterocycles. The van der Waals surface area contributed by atoms with E-state index < -0.39 is 11.2 Å². The molecule has 0 aliphatic heterocycles. The van der Waals surface area contributed by atoms with Gasteiger partial charge in [-0.2, -0.15) is 0 Å². The minimum atomic E-state index is -0.523. The molecule has 2 N–H and O–H groups in total. The van der Waals surface area contributed by atoms with Gasteiger partial charge >= 0.3 is 5.69 Å². The van der Waals surface area contributed by atoms with Gasteiger partial charge in [-0.05, 0) is 37.8 Å². The van der Waals surface area contributed by atoms with Crippen molar-refractivity contribution < 1.29 is 9.53 Å². The highest BCUT2D eigenvalue weighted by atomic mass is 16.5. The van der Waals surface area contributed by atoms with Crippen LogP contribution in [0.1, 0.15) is 60.5 Å². The minimum absolute atomic E-state index is 0.0668. The molecule has 0 bridgehead atoms. The second-order valence-corrected chi connectivity index (χ2v) is 8.83. The molecule has 0 atom stereocenters. The van der Waals surface area contributed by atoms with Crippen LogP contribution in [0.3, 0.4) is 0 Å². The Morgan fingerprint density at radius 2 is 2.00 bits per heavy atom. The van der Waals surface area contributed by atoms with Crippen molar-refractivity contribution in [1.82, 2.24) is 19.9 Å². The van der Waals surface area contributed by atoms with Crippen LogP contribution in [0.4, 0.5) is 0 Å². The maximum absolute atomic E-state index is 13.0. The lowest BCUT2D eigenvalue weighted by atomic mass is 9.78. The summed E-state index contributed by atoms with van der Waals surface area (Å²) in [6.45, 7) is 0.474. The predicted octanol–water partition coefficient (Wildman–Crippen LogP) is 2.67. The highest BCUT2D eigenvalue weighted by Gasteiger charge is 2.38. The van der Waals surface area contributed by atoms with E-state index in [-0.39, 0.29) is 22.8 Å². The van der Waals surface area contributed by atoms with E-state index in [4.69, 9.17) is 4.74 Å². The van der Waals surface area contributed by atoms with Crippen molar-refractivity contribution in [1.29, 1.82) is 0 Å². The Balaban J connectivity index is 1.43. The number of carbonyl (C=O) groups is 1. The van der Waals surface area contributed by atoms with Gasteiger partial charge in [0.2, 0.25) is 0 Å². The number of hydrogen-bond donors (Lipinski definition) is 2. The maximum Gasteiger partial charge on any atom is 0.330 e. The van der Waals surface area contributed by atoms with E-state index in [1.165, 1.54) is 16.8 Å². The van der Waals surface area contributed by atoms with Gasteiger partial charge in [0.15, 0.2) is 0 Å². The number of fused-ring (bicyclic) bond motifs is 1. The number of pyridine rings is 1. The fraction of sp³-hybridized carbons (Fsp3) is 0.417. The van der Waals surface area contributed by atoms with E-state index in [9.17, 15) is 14.4 Å². The summed E-state index contributed by atoms with van der Waals surface area (Å²) in [5.41, 5.74) is 0.592. The van der Waals surface area contributed by atoms with Gasteiger partial charge in [0.1, 0.15) is 11.4 Å². The van der Waals surface area contributed by atoms with Crippen LogP contribution < -0.4 is 21.3 Å².